The normalized spacial score (nSPS) is 10.8. The summed E-state index contributed by atoms with van der Waals surface area (Å²) in [5.74, 6) is 0. The highest BCUT2D eigenvalue weighted by molar-refractivity contribution is 5.83. The van der Waals surface area contributed by atoms with E-state index in [1.54, 1.807) is 6.33 Å². The molecule has 1 heterocycles. The quantitative estimate of drug-likeness (QED) is 0.688. The first-order valence-corrected chi connectivity index (χ1v) is 6.18. The lowest BCUT2D eigenvalue weighted by Crippen LogP contribution is -2.11. The number of benzene rings is 2. The van der Waals surface area contributed by atoms with E-state index in [2.05, 4.69) is 33.9 Å². The number of fused-ring (bicyclic) bond motifs is 1. The number of aromatic nitrogens is 2. The van der Waals surface area contributed by atoms with Crippen molar-refractivity contribution in [1.29, 1.82) is 0 Å². The maximum absolute atomic E-state index is 6.06. The number of aryl methyl sites for hydroxylation is 1. The molecule has 0 saturated carbocycles. The Hall–Kier alpha value is -2.49. The molecule has 0 aliphatic heterocycles. The summed E-state index contributed by atoms with van der Waals surface area (Å²) in [7, 11) is 2.02. The number of nitrogens with two attached hydrogens (primary N) is 1. The third-order valence-electron chi connectivity index (χ3n) is 3.34. The van der Waals surface area contributed by atoms with Crippen LogP contribution < -0.4 is 10.6 Å². The number of anilines is 3. The van der Waals surface area contributed by atoms with Crippen molar-refractivity contribution in [2.45, 2.75) is 6.92 Å². The molecule has 0 spiro atoms. The molecule has 0 aliphatic rings. The lowest BCUT2D eigenvalue weighted by molar-refractivity contribution is 1.21. The number of imidazole rings is 1. The monoisotopic (exact) mass is 252 g/mol. The zero-order valence-corrected chi connectivity index (χ0v) is 11.0. The molecule has 3 N–H and O–H groups in total. The second kappa shape index (κ2) is 4.31. The van der Waals surface area contributed by atoms with Crippen LogP contribution in [0.2, 0.25) is 0 Å². The summed E-state index contributed by atoms with van der Waals surface area (Å²) in [4.78, 5) is 9.43. The fourth-order valence-electron chi connectivity index (χ4n) is 2.22. The second-order valence-corrected chi connectivity index (χ2v) is 4.73. The van der Waals surface area contributed by atoms with Crippen molar-refractivity contribution in [3.63, 3.8) is 0 Å². The Kier molecular flexibility index (Phi) is 2.63. The molecule has 2 aromatic carbocycles. The van der Waals surface area contributed by atoms with Crippen LogP contribution in [0.3, 0.4) is 0 Å². The molecule has 4 nitrogen and oxygen atoms in total. The summed E-state index contributed by atoms with van der Waals surface area (Å²) in [6, 6.07) is 12.2. The van der Waals surface area contributed by atoms with E-state index >= 15 is 0 Å². The van der Waals surface area contributed by atoms with Crippen molar-refractivity contribution < 1.29 is 0 Å². The zero-order valence-electron chi connectivity index (χ0n) is 11.0. The van der Waals surface area contributed by atoms with Gasteiger partial charge in [-0.25, -0.2) is 4.98 Å². The van der Waals surface area contributed by atoms with Gasteiger partial charge in [-0.05, 0) is 42.8 Å². The summed E-state index contributed by atoms with van der Waals surface area (Å²) in [5, 5.41) is 0. The van der Waals surface area contributed by atoms with Crippen molar-refractivity contribution in [3.05, 3.63) is 48.3 Å². The van der Waals surface area contributed by atoms with Gasteiger partial charge in [-0.3, -0.25) is 0 Å². The largest absolute Gasteiger partial charge is 0.397 e. The predicted molar refractivity (Wildman–Crippen MR) is 79.7 cm³/mol. The highest BCUT2D eigenvalue weighted by Gasteiger charge is 2.09. The Balaban J connectivity index is 2.07. The SMILES string of the molecule is Cc1ccc(N)c(N(C)c2ccc3nc[nH]c3c2)c1. The molecule has 4 heteroatoms. The number of hydrogen-bond acceptors (Lipinski definition) is 3. The van der Waals surface area contributed by atoms with Crippen LogP contribution in [0.5, 0.6) is 0 Å². The number of nitrogen functional groups attached to an aromatic ring is 1. The van der Waals surface area contributed by atoms with Crippen LogP contribution in [0.25, 0.3) is 11.0 Å². The van der Waals surface area contributed by atoms with Crippen molar-refractivity contribution in [2.75, 3.05) is 17.7 Å². The van der Waals surface area contributed by atoms with Gasteiger partial charge in [-0.15, -0.1) is 0 Å². The van der Waals surface area contributed by atoms with Gasteiger partial charge in [0.05, 0.1) is 28.7 Å². The first kappa shape index (κ1) is 11.6. The minimum atomic E-state index is 0.776. The van der Waals surface area contributed by atoms with E-state index in [1.165, 1.54) is 5.56 Å². The molecule has 3 aromatic rings. The standard InChI is InChI=1S/C15H16N4/c1-10-3-5-12(16)15(7-10)19(2)11-4-6-13-14(8-11)18-9-17-13/h3-9H,16H2,1-2H3,(H,17,18). The Morgan fingerprint density at radius 2 is 2.00 bits per heavy atom. The molecular formula is C15H16N4. The van der Waals surface area contributed by atoms with E-state index < -0.39 is 0 Å². The molecule has 0 saturated heterocycles. The Morgan fingerprint density at radius 3 is 2.84 bits per heavy atom. The van der Waals surface area contributed by atoms with Gasteiger partial charge in [-0.2, -0.15) is 0 Å². The van der Waals surface area contributed by atoms with E-state index in [1.807, 2.05) is 31.3 Å². The minimum Gasteiger partial charge on any atom is -0.397 e. The summed E-state index contributed by atoms with van der Waals surface area (Å²) in [5.41, 5.74) is 12.1. The van der Waals surface area contributed by atoms with E-state index in [0.29, 0.717) is 0 Å². The fraction of sp³-hybridized carbons (Fsp3) is 0.133. The molecule has 0 unspecified atom stereocenters. The minimum absolute atomic E-state index is 0.776. The van der Waals surface area contributed by atoms with Crippen LogP contribution in [-0.2, 0) is 0 Å². The van der Waals surface area contributed by atoms with E-state index in [4.69, 9.17) is 5.73 Å². The fourth-order valence-corrected chi connectivity index (χ4v) is 2.22. The van der Waals surface area contributed by atoms with Gasteiger partial charge in [0.1, 0.15) is 0 Å². The highest BCUT2D eigenvalue weighted by atomic mass is 15.1. The van der Waals surface area contributed by atoms with Gasteiger partial charge in [-0.1, -0.05) is 6.07 Å². The van der Waals surface area contributed by atoms with E-state index in [9.17, 15) is 0 Å². The average molecular weight is 252 g/mol. The first-order chi connectivity index (χ1) is 9.15. The van der Waals surface area contributed by atoms with Crippen LogP contribution >= 0.6 is 0 Å². The smallest absolute Gasteiger partial charge is 0.0931 e. The van der Waals surface area contributed by atoms with Crippen LogP contribution in [0.1, 0.15) is 5.56 Å². The molecule has 96 valence electrons. The molecule has 1 aromatic heterocycles. The Morgan fingerprint density at radius 1 is 1.16 bits per heavy atom. The topological polar surface area (TPSA) is 57.9 Å². The number of nitrogens with one attached hydrogen (secondary N) is 1. The van der Waals surface area contributed by atoms with Gasteiger partial charge >= 0.3 is 0 Å². The van der Waals surface area contributed by atoms with Crippen LogP contribution in [0, 0.1) is 6.92 Å². The lowest BCUT2D eigenvalue weighted by Gasteiger charge is -2.21. The highest BCUT2D eigenvalue weighted by Crippen LogP contribution is 2.30. The summed E-state index contributed by atoms with van der Waals surface area (Å²) in [6.45, 7) is 2.06. The van der Waals surface area contributed by atoms with Crippen molar-refractivity contribution >= 4 is 28.1 Å². The summed E-state index contributed by atoms with van der Waals surface area (Å²) >= 11 is 0. The molecule has 0 aliphatic carbocycles. The van der Waals surface area contributed by atoms with Gasteiger partial charge in [0.15, 0.2) is 0 Å². The van der Waals surface area contributed by atoms with E-state index in [-0.39, 0.29) is 0 Å². The molecular weight excluding hydrogens is 236 g/mol. The molecule has 0 fully saturated rings. The van der Waals surface area contributed by atoms with Crippen LogP contribution in [0.4, 0.5) is 17.1 Å². The first-order valence-electron chi connectivity index (χ1n) is 6.18. The molecule has 0 radical (unpaired) electrons. The molecule has 19 heavy (non-hydrogen) atoms. The van der Waals surface area contributed by atoms with Gasteiger partial charge in [0, 0.05) is 12.7 Å². The Bertz CT molecular complexity index is 730. The average Bonchev–Trinajstić information content (AvgIpc) is 2.88. The van der Waals surface area contributed by atoms with Crippen LogP contribution in [0.15, 0.2) is 42.7 Å². The van der Waals surface area contributed by atoms with Gasteiger partial charge in [0.25, 0.3) is 0 Å². The summed E-state index contributed by atoms with van der Waals surface area (Å²) < 4.78 is 0. The number of hydrogen-bond donors (Lipinski definition) is 2. The maximum atomic E-state index is 6.06. The molecule has 0 bridgehead atoms. The Labute approximate surface area is 111 Å². The number of rotatable bonds is 2. The zero-order chi connectivity index (χ0) is 13.4. The van der Waals surface area contributed by atoms with Crippen molar-refractivity contribution in [2.24, 2.45) is 0 Å². The molecule has 0 atom stereocenters. The number of aromatic amines is 1. The van der Waals surface area contributed by atoms with Crippen molar-refractivity contribution in [3.8, 4) is 0 Å². The lowest BCUT2D eigenvalue weighted by atomic mass is 10.1. The predicted octanol–water partition coefficient (Wildman–Crippen LogP) is 3.22. The number of nitrogens with zero attached hydrogens (tertiary/aromatic N) is 2. The van der Waals surface area contributed by atoms with E-state index in [0.717, 1.165) is 28.1 Å². The molecule has 3 rings (SSSR count). The second-order valence-electron chi connectivity index (χ2n) is 4.73. The van der Waals surface area contributed by atoms with Crippen LogP contribution in [-0.4, -0.2) is 17.0 Å². The molecule has 0 amide bonds. The third kappa shape index (κ3) is 2.01. The van der Waals surface area contributed by atoms with Crippen molar-refractivity contribution in [1.82, 2.24) is 9.97 Å². The number of H-pyrrole nitrogens is 1. The van der Waals surface area contributed by atoms with Gasteiger partial charge in [0.2, 0.25) is 0 Å². The summed E-state index contributed by atoms with van der Waals surface area (Å²) in [6.07, 6.45) is 1.70. The third-order valence-corrected chi connectivity index (χ3v) is 3.34. The maximum Gasteiger partial charge on any atom is 0.0931 e. The van der Waals surface area contributed by atoms with Gasteiger partial charge < -0.3 is 15.6 Å².